The molecule has 2 aliphatic rings. The average molecular weight is 459 g/mol. The average Bonchev–Trinajstić information content (AvgIpc) is 2.79. The minimum atomic E-state index is -4.54. The van der Waals surface area contributed by atoms with Crippen molar-refractivity contribution in [1.82, 2.24) is 10.2 Å². The van der Waals surface area contributed by atoms with Crippen LogP contribution in [0.25, 0.3) is 0 Å². The zero-order chi connectivity index (χ0) is 23.6. The second-order valence-corrected chi connectivity index (χ2v) is 8.39. The molecule has 9 heteroatoms. The fourth-order valence-corrected chi connectivity index (χ4v) is 4.62. The van der Waals surface area contributed by atoms with E-state index in [1.54, 1.807) is 30.3 Å². The Labute approximate surface area is 189 Å². The molecule has 2 aromatic rings. The van der Waals surface area contributed by atoms with E-state index >= 15 is 0 Å². The molecular formula is C24H24F3N3O3. The summed E-state index contributed by atoms with van der Waals surface area (Å²) in [5.74, 6) is -1.41. The Bertz CT molecular complexity index is 1040. The van der Waals surface area contributed by atoms with Gasteiger partial charge in [0.2, 0.25) is 11.8 Å². The topological polar surface area (TPSA) is 78.5 Å². The van der Waals surface area contributed by atoms with E-state index in [9.17, 15) is 27.6 Å². The maximum Gasteiger partial charge on any atom is 0.416 e. The molecule has 174 valence electrons. The Kier molecular flexibility index (Phi) is 6.40. The SMILES string of the molecule is O=C(CC1C(=O)NC2CCCCC2N1C(=O)c1ccccc1)Nc1cccc(C(F)(F)F)c1. The van der Waals surface area contributed by atoms with Crippen LogP contribution in [0, 0.1) is 0 Å². The van der Waals surface area contributed by atoms with Gasteiger partial charge in [-0.1, -0.05) is 37.1 Å². The number of carbonyl (C=O) groups excluding carboxylic acids is 3. The molecule has 1 heterocycles. The quantitative estimate of drug-likeness (QED) is 0.726. The summed E-state index contributed by atoms with van der Waals surface area (Å²) in [6.07, 6.45) is -1.61. The lowest BCUT2D eigenvalue weighted by Crippen LogP contribution is -2.68. The molecule has 2 fully saturated rings. The molecule has 2 aromatic carbocycles. The van der Waals surface area contributed by atoms with Crippen molar-refractivity contribution in [1.29, 1.82) is 0 Å². The highest BCUT2D eigenvalue weighted by Crippen LogP contribution is 2.32. The standard InChI is InChI=1S/C24H24F3N3O3/c25-24(26,27)16-9-6-10-17(13-16)28-21(31)14-20-22(32)29-18-11-4-5-12-19(18)30(20)23(33)15-7-2-1-3-8-15/h1-3,6-10,13,18-20H,4-5,11-12,14H2,(H,28,31)(H,29,32). The number of alkyl halides is 3. The fourth-order valence-electron chi connectivity index (χ4n) is 4.62. The summed E-state index contributed by atoms with van der Waals surface area (Å²) < 4.78 is 38.9. The van der Waals surface area contributed by atoms with Gasteiger partial charge in [-0.15, -0.1) is 0 Å². The first-order chi connectivity index (χ1) is 15.7. The van der Waals surface area contributed by atoms with Crippen LogP contribution in [0.1, 0.15) is 48.0 Å². The maximum absolute atomic E-state index is 13.4. The monoisotopic (exact) mass is 459 g/mol. The van der Waals surface area contributed by atoms with Gasteiger partial charge < -0.3 is 15.5 Å². The van der Waals surface area contributed by atoms with E-state index in [-0.39, 0.29) is 30.1 Å². The third-order valence-corrected chi connectivity index (χ3v) is 6.16. The van der Waals surface area contributed by atoms with Gasteiger partial charge in [-0.05, 0) is 43.2 Å². The van der Waals surface area contributed by atoms with Crippen molar-refractivity contribution in [3.63, 3.8) is 0 Å². The van der Waals surface area contributed by atoms with E-state index in [0.717, 1.165) is 31.4 Å². The molecule has 0 radical (unpaired) electrons. The van der Waals surface area contributed by atoms with Crippen molar-refractivity contribution < 1.29 is 27.6 Å². The van der Waals surface area contributed by atoms with Crippen LogP contribution < -0.4 is 10.6 Å². The number of piperazine rings is 1. The van der Waals surface area contributed by atoms with Gasteiger partial charge in [0.1, 0.15) is 6.04 Å². The predicted octanol–water partition coefficient (Wildman–Crippen LogP) is 3.99. The predicted molar refractivity (Wildman–Crippen MR) is 115 cm³/mol. The zero-order valence-corrected chi connectivity index (χ0v) is 17.8. The van der Waals surface area contributed by atoms with Gasteiger partial charge in [-0.3, -0.25) is 14.4 Å². The van der Waals surface area contributed by atoms with Gasteiger partial charge >= 0.3 is 6.18 Å². The third-order valence-electron chi connectivity index (χ3n) is 6.16. The first-order valence-corrected chi connectivity index (χ1v) is 10.9. The molecule has 1 aliphatic heterocycles. The van der Waals surface area contributed by atoms with Gasteiger partial charge in [-0.2, -0.15) is 13.2 Å². The van der Waals surface area contributed by atoms with Crippen LogP contribution in [0.3, 0.4) is 0 Å². The summed E-state index contributed by atoms with van der Waals surface area (Å²) in [6.45, 7) is 0. The van der Waals surface area contributed by atoms with E-state index in [1.807, 2.05) is 0 Å². The molecule has 1 saturated carbocycles. The molecule has 3 amide bonds. The van der Waals surface area contributed by atoms with Crippen molar-refractivity contribution in [2.75, 3.05) is 5.32 Å². The largest absolute Gasteiger partial charge is 0.416 e. The van der Waals surface area contributed by atoms with E-state index in [4.69, 9.17) is 0 Å². The van der Waals surface area contributed by atoms with Crippen LogP contribution in [0.5, 0.6) is 0 Å². The highest BCUT2D eigenvalue weighted by atomic mass is 19.4. The van der Waals surface area contributed by atoms with Crippen LogP contribution in [0.15, 0.2) is 54.6 Å². The molecular weight excluding hydrogens is 435 g/mol. The molecule has 3 atom stereocenters. The number of halogens is 3. The summed E-state index contributed by atoms with van der Waals surface area (Å²) in [5, 5.41) is 5.38. The smallest absolute Gasteiger partial charge is 0.349 e. The lowest BCUT2D eigenvalue weighted by atomic mass is 9.84. The van der Waals surface area contributed by atoms with Crippen LogP contribution in [-0.2, 0) is 15.8 Å². The number of hydrogen-bond donors (Lipinski definition) is 2. The van der Waals surface area contributed by atoms with Crippen LogP contribution in [-0.4, -0.2) is 40.7 Å². The van der Waals surface area contributed by atoms with Crippen molar-refractivity contribution in [3.8, 4) is 0 Å². The Morgan fingerprint density at radius 3 is 2.48 bits per heavy atom. The van der Waals surface area contributed by atoms with Crippen molar-refractivity contribution in [2.45, 2.75) is 56.4 Å². The number of fused-ring (bicyclic) bond motifs is 1. The lowest BCUT2D eigenvalue weighted by Gasteiger charge is -2.48. The van der Waals surface area contributed by atoms with Gasteiger partial charge in [0.25, 0.3) is 5.91 Å². The highest BCUT2D eigenvalue weighted by molar-refractivity contribution is 6.01. The third kappa shape index (κ3) is 5.02. The normalized spacial score (nSPS) is 22.8. The maximum atomic E-state index is 13.4. The molecule has 1 aliphatic carbocycles. The number of benzene rings is 2. The molecule has 3 unspecified atom stereocenters. The summed E-state index contributed by atoms with van der Waals surface area (Å²) in [7, 11) is 0. The highest BCUT2D eigenvalue weighted by Gasteiger charge is 2.46. The molecule has 0 aromatic heterocycles. The number of nitrogens with zero attached hydrogens (tertiary/aromatic N) is 1. The van der Waals surface area contributed by atoms with Crippen LogP contribution >= 0.6 is 0 Å². The molecule has 33 heavy (non-hydrogen) atoms. The van der Waals surface area contributed by atoms with Gasteiger partial charge in [-0.25, -0.2) is 0 Å². The number of nitrogens with one attached hydrogen (secondary N) is 2. The second-order valence-electron chi connectivity index (χ2n) is 8.39. The van der Waals surface area contributed by atoms with Crippen LogP contribution in [0.2, 0.25) is 0 Å². The zero-order valence-electron chi connectivity index (χ0n) is 17.8. The van der Waals surface area contributed by atoms with E-state index in [0.29, 0.717) is 12.0 Å². The minimum Gasteiger partial charge on any atom is -0.349 e. The Balaban J connectivity index is 1.57. The molecule has 1 saturated heterocycles. The van der Waals surface area contributed by atoms with E-state index in [2.05, 4.69) is 10.6 Å². The van der Waals surface area contributed by atoms with E-state index in [1.165, 1.54) is 17.0 Å². The Morgan fingerprint density at radius 2 is 1.76 bits per heavy atom. The minimum absolute atomic E-state index is 0.0254. The molecule has 0 spiro atoms. The van der Waals surface area contributed by atoms with Gasteiger partial charge in [0, 0.05) is 17.3 Å². The molecule has 4 rings (SSSR count). The summed E-state index contributed by atoms with van der Waals surface area (Å²) in [4.78, 5) is 40.6. The number of carbonyl (C=O) groups is 3. The van der Waals surface area contributed by atoms with Crippen molar-refractivity contribution >= 4 is 23.4 Å². The van der Waals surface area contributed by atoms with Crippen molar-refractivity contribution in [2.24, 2.45) is 0 Å². The molecule has 0 bridgehead atoms. The Morgan fingerprint density at radius 1 is 1.03 bits per heavy atom. The summed E-state index contributed by atoms with van der Waals surface area (Å²) in [6, 6.07) is 11.4. The Hall–Kier alpha value is -3.36. The molecule has 6 nitrogen and oxygen atoms in total. The number of amides is 3. The summed E-state index contributed by atoms with van der Waals surface area (Å²) >= 11 is 0. The summed E-state index contributed by atoms with van der Waals surface area (Å²) in [5.41, 5.74) is -0.496. The number of anilines is 1. The van der Waals surface area contributed by atoms with Gasteiger partial charge in [0.05, 0.1) is 18.0 Å². The first-order valence-electron chi connectivity index (χ1n) is 10.9. The van der Waals surface area contributed by atoms with Gasteiger partial charge in [0.15, 0.2) is 0 Å². The van der Waals surface area contributed by atoms with Crippen LogP contribution in [0.4, 0.5) is 18.9 Å². The number of rotatable bonds is 4. The lowest BCUT2D eigenvalue weighted by molar-refractivity contribution is -0.137. The van der Waals surface area contributed by atoms with E-state index < -0.39 is 29.6 Å². The molecule has 2 N–H and O–H groups in total. The van der Waals surface area contributed by atoms with Crippen molar-refractivity contribution in [3.05, 3.63) is 65.7 Å². The fraction of sp³-hybridized carbons (Fsp3) is 0.375. The number of hydrogen-bond acceptors (Lipinski definition) is 3. The first kappa shape index (κ1) is 22.8. The second kappa shape index (κ2) is 9.25.